The van der Waals surface area contributed by atoms with Crippen molar-refractivity contribution in [2.75, 3.05) is 26.3 Å². The topological polar surface area (TPSA) is 52.5 Å². The molecule has 0 saturated heterocycles. The molecule has 0 radical (unpaired) electrons. The molecular formula is C10H23NO2. The third-order valence-corrected chi connectivity index (χ3v) is 2.59. The SMILES string of the molecule is CCC(C)(CO)CNCC(C)CO. The van der Waals surface area contributed by atoms with Crippen LogP contribution in [0.5, 0.6) is 0 Å². The minimum absolute atomic E-state index is 0.0187. The highest BCUT2D eigenvalue weighted by atomic mass is 16.3. The molecular weight excluding hydrogens is 166 g/mol. The van der Waals surface area contributed by atoms with Gasteiger partial charge in [0.1, 0.15) is 0 Å². The molecule has 80 valence electrons. The molecule has 0 aromatic rings. The van der Waals surface area contributed by atoms with E-state index in [1.54, 1.807) is 0 Å². The smallest absolute Gasteiger partial charge is 0.0496 e. The lowest BCUT2D eigenvalue weighted by molar-refractivity contribution is 0.132. The summed E-state index contributed by atoms with van der Waals surface area (Å²) < 4.78 is 0. The fourth-order valence-corrected chi connectivity index (χ4v) is 0.978. The van der Waals surface area contributed by atoms with Gasteiger partial charge in [0, 0.05) is 25.2 Å². The minimum atomic E-state index is -0.0187. The van der Waals surface area contributed by atoms with E-state index in [0.717, 1.165) is 19.5 Å². The predicted octanol–water partition coefficient (Wildman–Crippen LogP) is 0.613. The normalized spacial score (nSPS) is 18.2. The van der Waals surface area contributed by atoms with Crippen molar-refractivity contribution < 1.29 is 10.2 Å². The standard InChI is InChI=1S/C10H23NO2/c1-4-10(3,8-13)7-11-5-9(2)6-12/h9,11-13H,4-8H2,1-3H3. The molecule has 0 rings (SSSR count). The van der Waals surface area contributed by atoms with Crippen LogP contribution in [0.25, 0.3) is 0 Å². The zero-order valence-corrected chi connectivity index (χ0v) is 9.01. The first kappa shape index (κ1) is 12.9. The number of aliphatic hydroxyl groups is 2. The molecule has 3 heteroatoms. The van der Waals surface area contributed by atoms with Crippen LogP contribution >= 0.6 is 0 Å². The van der Waals surface area contributed by atoms with Crippen LogP contribution in [0.1, 0.15) is 27.2 Å². The van der Waals surface area contributed by atoms with E-state index in [9.17, 15) is 0 Å². The Labute approximate surface area is 81.2 Å². The summed E-state index contributed by atoms with van der Waals surface area (Å²) in [7, 11) is 0. The third-order valence-electron chi connectivity index (χ3n) is 2.59. The first-order valence-electron chi connectivity index (χ1n) is 5.00. The lowest BCUT2D eigenvalue weighted by atomic mass is 9.88. The molecule has 0 aliphatic rings. The molecule has 0 aromatic carbocycles. The van der Waals surface area contributed by atoms with Crippen LogP contribution in [0.3, 0.4) is 0 Å². The molecule has 0 spiro atoms. The van der Waals surface area contributed by atoms with E-state index in [2.05, 4.69) is 19.2 Å². The number of hydrogen-bond acceptors (Lipinski definition) is 3. The lowest BCUT2D eigenvalue weighted by Crippen LogP contribution is -2.36. The summed E-state index contributed by atoms with van der Waals surface area (Å²) in [5.41, 5.74) is -0.0187. The van der Waals surface area contributed by atoms with Crippen LogP contribution in [-0.2, 0) is 0 Å². The van der Waals surface area contributed by atoms with Crippen molar-refractivity contribution in [3.63, 3.8) is 0 Å². The summed E-state index contributed by atoms with van der Waals surface area (Å²) in [6.07, 6.45) is 0.962. The van der Waals surface area contributed by atoms with Gasteiger partial charge in [-0.15, -0.1) is 0 Å². The van der Waals surface area contributed by atoms with Crippen molar-refractivity contribution in [2.24, 2.45) is 11.3 Å². The Hall–Kier alpha value is -0.120. The van der Waals surface area contributed by atoms with Gasteiger partial charge in [-0.05, 0) is 18.9 Å². The molecule has 13 heavy (non-hydrogen) atoms. The Morgan fingerprint density at radius 1 is 1.38 bits per heavy atom. The Morgan fingerprint density at radius 2 is 2.00 bits per heavy atom. The quantitative estimate of drug-likeness (QED) is 0.550. The molecule has 0 saturated carbocycles. The fourth-order valence-electron chi connectivity index (χ4n) is 0.978. The molecule has 0 aromatic heterocycles. The van der Waals surface area contributed by atoms with Crippen molar-refractivity contribution in [3.05, 3.63) is 0 Å². The van der Waals surface area contributed by atoms with Gasteiger partial charge >= 0.3 is 0 Å². The van der Waals surface area contributed by atoms with Gasteiger partial charge in [0.2, 0.25) is 0 Å². The van der Waals surface area contributed by atoms with E-state index in [1.165, 1.54) is 0 Å². The van der Waals surface area contributed by atoms with E-state index < -0.39 is 0 Å². The molecule has 0 aliphatic carbocycles. The monoisotopic (exact) mass is 189 g/mol. The van der Waals surface area contributed by atoms with E-state index in [0.29, 0.717) is 5.92 Å². The van der Waals surface area contributed by atoms with Crippen molar-refractivity contribution in [1.82, 2.24) is 5.32 Å². The summed E-state index contributed by atoms with van der Waals surface area (Å²) in [6, 6.07) is 0. The summed E-state index contributed by atoms with van der Waals surface area (Å²) >= 11 is 0. The van der Waals surface area contributed by atoms with Crippen LogP contribution in [0.4, 0.5) is 0 Å². The van der Waals surface area contributed by atoms with Gasteiger partial charge in [0.15, 0.2) is 0 Å². The molecule has 2 unspecified atom stereocenters. The van der Waals surface area contributed by atoms with Crippen molar-refractivity contribution >= 4 is 0 Å². The number of aliphatic hydroxyl groups excluding tert-OH is 2. The summed E-state index contributed by atoms with van der Waals surface area (Å²) in [5.74, 6) is 0.291. The van der Waals surface area contributed by atoms with Crippen LogP contribution in [0.2, 0.25) is 0 Å². The van der Waals surface area contributed by atoms with E-state index in [4.69, 9.17) is 10.2 Å². The van der Waals surface area contributed by atoms with E-state index in [1.807, 2.05) is 6.92 Å². The molecule has 0 fully saturated rings. The van der Waals surface area contributed by atoms with Crippen molar-refractivity contribution in [3.8, 4) is 0 Å². The van der Waals surface area contributed by atoms with Gasteiger partial charge in [-0.3, -0.25) is 0 Å². The zero-order valence-electron chi connectivity index (χ0n) is 9.01. The Kier molecular flexibility index (Phi) is 6.29. The van der Waals surface area contributed by atoms with Gasteiger partial charge in [-0.25, -0.2) is 0 Å². The summed E-state index contributed by atoms with van der Waals surface area (Å²) in [4.78, 5) is 0. The van der Waals surface area contributed by atoms with Crippen LogP contribution in [0.15, 0.2) is 0 Å². The molecule has 0 bridgehead atoms. The molecule has 0 amide bonds. The average molecular weight is 189 g/mol. The second-order valence-corrected chi connectivity index (χ2v) is 4.24. The van der Waals surface area contributed by atoms with Gasteiger partial charge < -0.3 is 15.5 Å². The maximum absolute atomic E-state index is 9.12. The Morgan fingerprint density at radius 3 is 2.38 bits per heavy atom. The highest BCUT2D eigenvalue weighted by molar-refractivity contribution is 4.74. The second-order valence-electron chi connectivity index (χ2n) is 4.24. The number of nitrogens with one attached hydrogen (secondary N) is 1. The van der Waals surface area contributed by atoms with Crippen molar-refractivity contribution in [2.45, 2.75) is 27.2 Å². The van der Waals surface area contributed by atoms with E-state index in [-0.39, 0.29) is 18.6 Å². The maximum atomic E-state index is 9.12. The van der Waals surface area contributed by atoms with Gasteiger partial charge in [0.05, 0.1) is 0 Å². The van der Waals surface area contributed by atoms with E-state index >= 15 is 0 Å². The minimum Gasteiger partial charge on any atom is -0.396 e. The van der Waals surface area contributed by atoms with Gasteiger partial charge in [-0.2, -0.15) is 0 Å². The number of hydrogen-bond donors (Lipinski definition) is 3. The average Bonchev–Trinajstić information content (AvgIpc) is 2.17. The Balaban J connectivity index is 3.61. The van der Waals surface area contributed by atoms with Crippen molar-refractivity contribution in [1.29, 1.82) is 0 Å². The molecule has 0 heterocycles. The second kappa shape index (κ2) is 6.35. The Bertz CT molecular complexity index is 124. The molecule has 3 nitrogen and oxygen atoms in total. The molecule has 0 aliphatic heterocycles. The molecule has 3 N–H and O–H groups in total. The first-order chi connectivity index (χ1) is 6.08. The summed E-state index contributed by atoms with van der Waals surface area (Å²) in [5, 5.41) is 21.2. The van der Waals surface area contributed by atoms with Crippen LogP contribution < -0.4 is 5.32 Å². The largest absolute Gasteiger partial charge is 0.396 e. The van der Waals surface area contributed by atoms with Gasteiger partial charge in [0.25, 0.3) is 0 Å². The highest BCUT2D eigenvalue weighted by Crippen LogP contribution is 2.18. The third kappa shape index (κ3) is 5.24. The van der Waals surface area contributed by atoms with Gasteiger partial charge in [-0.1, -0.05) is 20.8 Å². The summed E-state index contributed by atoms with van der Waals surface area (Å²) in [6.45, 7) is 8.18. The maximum Gasteiger partial charge on any atom is 0.0496 e. The first-order valence-corrected chi connectivity index (χ1v) is 5.00. The highest BCUT2D eigenvalue weighted by Gasteiger charge is 2.20. The fraction of sp³-hybridized carbons (Fsp3) is 1.00. The zero-order chi connectivity index (χ0) is 10.3. The van der Waals surface area contributed by atoms with Crippen LogP contribution in [0, 0.1) is 11.3 Å². The van der Waals surface area contributed by atoms with Crippen LogP contribution in [-0.4, -0.2) is 36.5 Å². The lowest BCUT2D eigenvalue weighted by Gasteiger charge is -2.26. The molecule has 2 atom stereocenters. The number of rotatable bonds is 7. The predicted molar refractivity (Wildman–Crippen MR) is 54.6 cm³/mol.